The molecule has 1 aromatic heterocycles. The molecule has 0 bridgehead atoms. The second kappa shape index (κ2) is 15.9. The fourth-order valence-corrected chi connectivity index (χ4v) is 3.11. The van der Waals surface area contributed by atoms with E-state index in [9.17, 15) is 4.79 Å². The van der Waals surface area contributed by atoms with Gasteiger partial charge in [-0.2, -0.15) is 0 Å². The van der Waals surface area contributed by atoms with Crippen molar-refractivity contribution >= 4 is 0 Å². The van der Waals surface area contributed by atoms with Crippen LogP contribution >= 0.6 is 0 Å². The largest absolute Gasteiger partial charge is 0.487 e. The Hall–Kier alpha value is -1.29. The quantitative estimate of drug-likeness (QED) is 0.344. The lowest BCUT2D eigenvalue weighted by Gasteiger charge is -2.05. The molecule has 1 heterocycles. The van der Waals surface area contributed by atoms with Gasteiger partial charge in [0.05, 0.1) is 6.61 Å². The predicted octanol–water partition coefficient (Wildman–Crippen LogP) is 5.99. The summed E-state index contributed by atoms with van der Waals surface area (Å²) in [6, 6.07) is 1.28. The van der Waals surface area contributed by atoms with Gasteiger partial charge >= 0.3 is 0 Å². The van der Waals surface area contributed by atoms with Gasteiger partial charge in [0.25, 0.3) is 0 Å². The van der Waals surface area contributed by atoms with Gasteiger partial charge < -0.3 is 14.3 Å². The van der Waals surface area contributed by atoms with E-state index >= 15 is 0 Å². The molecule has 0 fully saturated rings. The van der Waals surface area contributed by atoms with Crippen molar-refractivity contribution in [3.63, 3.8) is 0 Å². The lowest BCUT2D eigenvalue weighted by atomic mass is 10.0. The summed E-state index contributed by atoms with van der Waals surface area (Å²) in [6.07, 6.45) is 19.8. The van der Waals surface area contributed by atoms with Crippen molar-refractivity contribution in [1.29, 1.82) is 0 Å². The third-order valence-corrected chi connectivity index (χ3v) is 4.76. The molecule has 4 nitrogen and oxygen atoms in total. The van der Waals surface area contributed by atoms with Gasteiger partial charge in [-0.15, -0.1) is 0 Å². The highest BCUT2D eigenvalue weighted by molar-refractivity contribution is 5.17. The van der Waals surface area contributed by atoms with Crippen molar-refractivity contribution in [2.75, 3.05) is 6.61 Å². The molecule has 0 amide bonds. The van der Waals surface area contributed by atoms with Gasteiger partial charge in [-0.3, -0.25) is 4.79 Å². The number of unbranched alkanes of at least 4 members (excludes halogenated alkanes) is 13. The fourth-order valence-electron chi connectivity index (χ4n) is 3.11. The maximum atomic E-state index is 11.7. The summed E-state index contributed by atoms with van der Waals surface area (Å²) >= 11 is 0. The van der Waals surface area contributed by atoms with Crippen LogP contribution in [0.1, 0.15) is 103 Å². The fraction of sp³-hybridized carbons (Fsp3) is 0.773. The Kier molecular flexibility index (Phi) is 13.9. The number of rotatable bonds is 17. The Labute approximate surface area is 159 Å². The highest BCUT2D eigenvalue weighted by Gasteiger charge is 2.03. The smallest absolute Gasteiger partial charge is 0.227 e. The van der Waals surface area contributed by atoms with Crippen LogP contribution in [-0.2, 0) is 6.61 Å². The van der Waals surface area contributed by atoms with Gasteiger partial charge in [-0.05, 0) is 6.42 Å². The summed E-state index contributed by atoms with van der Waals surface area (Å²) in [5.74, 6) is 0.496. The molecule has 0 aliphatic carbocycles. The number of aliphatic hydroxyl groups excluding tert-OH is 1. The molecule has 1 aromatic rings. The van der Waals surface area contributed by atoms with E-state index in [1.807, 2.05) is 0 Å². The molecule has 0 aliphatic rings. The first-order chi connectivity index (χ1) is 12.8. The molecule has 0 saturated carbocycles. The molecule has 150 valence electrons. The molecule has 1 rings (SSSR count). The van der Waals surface area contributed by atoms with Gasteiger partial charge in [0.15, 0.2) is 0 Å². The zero-order chi connectivity index (χ0) is 18.9. The molecule has 0 radical (unpaired) electrons. The van der Waals surface area contributed by atoms with Gasteiger partial charge in [0.1, 0.15) is 18.6 Å². The molecule has 1 N–H and O–H groups in total. The summed E-state index contributed by atoms with van der Waals surface area (Å²) in [7, 11) is 0. The van der Waals surface area contributed by atoms with Crippen molar-refractivity contribution in [2.45, 2.75) is 103 Å². The van der Waals surface area contributed by atoms with E-state index in [1.165, 1.54) is 89.4 Å². The minimum atomic E-state index is -0.269. The number of hydrogen-bond acceptors (Lipinski definition) is 4. The van der Waals surface area contributed by atoms with Crippen LogP contribution in [0.25, 0.3) is 0 Å². The van der Waals surface area contributed by atoms with Crippen molar-refractivity contribution in [3.05, 3.63) is 28.3 Å². The van der Waals surface area contributed by atoms with E-state index in [-0.39, 0.29) is 23.5 Å². The molecule has 0 saturated heterocycles. The van der Waals surface area contributed by atoms with Crippen LogP contribution in [0.5, 0.6) is 5.75 Å². The SMILES string of the molecule is CCCCCCCCCCCCCCCCOc1coc(CO)cc1=O. The Morgan fingerprint density at radius 1 is 0.846 bits per heavy atom. The second-order valence-corrected chi connectivity index (χ2v) is 7.18. The lowest BCUT2D eigenvalue weighted by Crippen LogP contribution is -2.09. The maximum Gasteiger partial charge on any atom is 0.227 e. The van der Waals surface area contributed by atoms with Gasteiger partial charge in [-0.1, -0.05) is 90.4 Å². The first-order valence-electron chi connectivity index (χ1n) is 10.6. The zero-order valence-electron chi connectivity index (χ0n) is 16.6. The number of ether oxygens (including phenoxy) is 1. The third kappa shape index (κ3) is 11.3. The molecule has 0 aliphatic heterocycles. The number of hydrogen-bond donors (Lipinski definition) is 1. The normalized spacial score (nSPS) is 11.0. The van der Waals surface area contributed by atoms with Crippen LogP contribution in [0.4, 0.5) is 0 Å². The van der Waals surface area contributed by atoms with E-state index < -0.39 is 0 Å². The average molecular weight is 367 g/mol. The van der Waals surface area contributed by atoms with E-state index in [2.05, 4.69) is 6.92 Å². The van der Waals surface area contributed by atoms with Crippen molar-refractivity contribution < 1.29 is 14.3 Å². The summed E-state index contributed by atoms with van der Waals surface area (Å²) in [5.41, 5.74) is -0.231. The first kappa shape index (κ1) is 22.8. The van der Waals surface area contributed by atoms with Gasteiger partial charge in [0, 0.05) is 6.07 Å². The Bertz CT molecular complexity index is 495. The average Bonchev–Trinajstić information content (AvgIpc) is 2.65. The van der Waals surface area contributed by atoms with Crippen molar-refractivity contribution in [1.82, 2.24) is 0 Å². The van der Waals surface area contributed by atoms with Gasteiger partial charge in [-0.25, -0.2) is 0 Å². The van der Waals surface area contributed by atoms with E-state index in [0.717, 1.165) is 12.8 Å². The van der Waals surface area contributed by atoms with Crippen molar-refractivity contribution in [3.8, 4) is 5.75 Å². The standard InChI is InChI=1S/C22H38O4/c1-2-3-4-5-6-7-8-9-10-11-12-13-14-15-16-25-22-19-26-20(18-23)17-21(22)24/h17,19,23H,2-16,18H2,1H3. The predicted molar refractivity (Wildman–Crippen MR) is 107 cm³/mol. The summed E-state index contributed by atoms with van der Waals surface area (Å²) in [4.78, 5) is 11.7. The molecule has 0 spiro atoms. The molecule has 26 heavy (non-hydrogen) atoms. The van der Waals surface area contributed by atoms with Crippen LogP contribution in [0.2, 0.25) is 0 Å². The van der Waals surface area contributed by atoms with Crippen LogP contribution < -0.4 is 10.2 Å². The lowest BCUT2D eigenvalue weighted by molar-refractivity contribution is 0.236. The molecule has 0 aromatic carbocycles. The Morgan fingerprint density at radius 3 is 1.81 bits per heavy atom. The van der Waals surface area contributed by atoms with E-state index in [1.54, 1.807) is 0 Å². The Morgan fingerprint density at radius 2 is 1.35 bits per heavy atom. The number of aliphatic hydroxyl groups is 1. The zero-order valence-corrected chi connectivity index (χ0v) is 16.6. The van der Waals surface area contributed by atoms with Crippen LogP contribution in [0.3, 0.4) is 0 Å². The summed E-state index contributed by atoms with van der Waals surface area (Å²) < 4.78 is 10.5. The topological polar surface area (TPSA) is 59.7 Å². The highest BCUT2D eigenvalue weighted by atomic mass is 16.5. The maximum absolute atomic E-state index is 11.7. The summed E-state index contributed by atoms with van der Waals surface area (Å²) in [6.45, 7) is 2.54. The molecule has 0 unspecified atom stereocenters. The molecular formula is C22H38O4. The van der Waals surface area contributed by atoms with Crippen molar-refractivity contribution in [2.24, 2.45) is 0 Å². The Balaban J connectivity index is 1.86. The third-order valence-electron chi connectivity index (χ3n) is 4.76. The molecule has 4 heteroatoms. The van der Waals surface area contributed by atoms with Crippen LogP contribution in [-0.4, -0.2) is 11.7 Å². The van der Waals surface area contributed by atoms with E-state index in [0.29, 0.717) is 6.61 Å². The van der Waals surface area contributed by atoms with Gasteiger partial charge in [0.2, 0.25) is 11.2 Å². The highest BCUT2D eigenvalue weighted by Crippen LogP contribution is 2.13. The minimum absolute atomic E-state index is 0.231. The second-order valence-electron chi connectivity index (χ2n) is 7.18. The molecular weight excluding hydrogens is 328 g/mol. The van der Waals surface area contributed by atoms with E-state index in [4.69, 9.17) is 14.3 Å². The summed E-state index contributed by atoms with van der Waals surface area (Å²) in [5, 5.41) is 8.90. The van der Waals surface area contributed by atoms with Crippen LogP contribution in [0.15, 0.2) is 21.5 Å². The van der Waals surface area contributed by atoms with Crippen LogP contribution in [0, 0.1) is 0 Å². The monoisotopic (exact) mass is 366 g/mol. The molecule has 0 atom stereocenters. The minimum Gasteiger partial charge on any atom is -0.487 e. The first-order valence-corrected chi connectivity index (χ1v) is 10.6.